The number of aliphatic hydroxyl groups is 1. The van der Waals surface area contributed by atoms with Crippen LogP contribution in [0.4, 0.5) is 0 Å². The fraction of sp³-hybridized carbons (Fsp3) is 0.250. The number of rotatable bonds is 4. The highest BCUT2D eigenvalue weighted by Crippen LogP contribution is 2.32. The van der Waals surface area contributed by atoms with Crippen LogP contribution in [-0.2, 0) is 20.3 Å². The molecule has 0 aliphatic rings. The summed E-state index contributed by atoms with van der Waals surface area (Å²) < 4.78 is 7.45. The molecule has 0 aliphatic carbocycles. The number of aromatic nitrogens is 2. The van der Waals surface area contributed by atoms with Crippen LogP contribution in [0.5, 0.6) is 5.75 Å². The summed E-state index contributed by atoms with van der Waals surface area (Å²) in [5, 5.41) is 10.1. The Bertz CT molecular complexity index is 555. The molecule has 6 heteroatoms. The van der Waals surface area contributed by atoms with Crippen LogP contribution in [0.2, 0.25) is 10.0 Å². The van der Waals surface area contributed by atoms with Crippen LogP contribution in [0, 0.1) is 0 Å². The molecule has 0 aliphatic heterocycles. The predicted octanol–water partition coefficient (Wildman–Crippen LogP) is 2.80. The lowest BCUT2D eigenvalue weighted by atomic mass is 10.2. The number of hydrogen-bond acceptors (Lipinski definition) is 3. The van der Waals surface area contributed by atoms with E-state index in [1.165, 1.54) is 0 Å². The number of nitrogens with zero attached hydrogens (tertiary/aromatic N) is 2. The van der Waals surface area contributed by atoms with E-state index >= 15 is 0 Å². The highest BCUT2D eigenvalue weighted by Gasteiger charge is 2.11. The highest BCUT2D eigenvalue weighted by atomic mass is 35.5. The van der Waals surface area contributed by atoms with Crippen molar-refractivity contribution in [3.05, 3.63) is 46.0 Å². The lowest BCUT2D eigenvalue weighted by Crippen LogP contribution is -2.05. The Morgan fingerprint density at radius 2 is 2.17 bits per heavy atom. The third-order valence-corrected chi connectivity index (χ3v) is 3.02. The monoisotopic (exact) mass is 286 g/mol. The molecule has 0 bridgehead atoms. The molecule has 0 fully saturated rings. The standard InChI is InChI=1S/C12H12Cl2N2O2/c1-16-3-2-15-11(16)7-18-12-8(6-17)4-9(13)5-10(12)14/h2-5,17H,6-7H2,1H3. The van der Waals surface area contributed by atoms with Crippen LogP contribution in [0.25, 0.3) is 0 Å². The van der Waals surface area contributed by atoms with Crippen molar-refractivity contribution in [2.45, 2.75) is 13.2 Å². The average molecular weight is 287 g/mol. The first kappa shape index (κ1) is 13.2. The molecule has 1 aromatic carbocycles. The molecule has 0 spiro atoms. The average Bonchev–Trinajstić information content (AvgIpc) is 2.73. The molecular weight excluding hydrogens is 275 g/mol. The Kier molecular flexibility index (Phi) is 4.11. The van der Waals surface area contributed by atoms with Gasteiger partial charge < -0.3 is 14.4 Å². The van der Waals surface area contributed by atoms with E-state index in [2.05, 4.69) is 4.98 Å². The van der Waals surface area contributed by atoms with Crippen LogP contribution < -0.4 is 4.74 Å². The second-order valence-electron chi connectivity index (χ2n) is 3.78. The maximum atomic E-state index is 9.26. The highest BCUT2D eigenvalue weighted by molar-refractivity contribution is 6.35. The first-order valence-electron chi connectivity index (χ1n) is 5.29. The van der Waals surface area contributed by atoms with Gasteiger partial charge in [0.2, 0.25) is 0 Å². The molecule has 0 saturated heterocycles. The van der Waals surface area contributed by atoms with Gasteiger partial charge in [0.25, 0.3) is 0 Å². The molecule has 18 heavy (non-hydrogen) atoms. The molecule has 1 N–H and O–H groups in total. The van der Waals surface area contributed by atoms with Crippen molar-refractivity contribution >= 4 is 23.2 Å². The Labute approximate surface area is 115 Å². The lowest BCUT2D eigenvalue weighted by molar-refractivity contribution is 0.254. The van der Waals surface area contributed by atoms with Gasteiger partial charge in [-0.1, -0.05) is 23.2 Å². The predicted molar refractivity (Wildman–Crippen MR) is 69.9 cm³/mol. The van der Waals surface area contributed by atoms with Gasteiger partial charge in [0.1, 0.15) is 18.2 Å². The largest absolute Gasteiger partial charge is 0.484 e. The van der Waals surface area contributed by atoms with Gasteiger partial charge in [0, 0.05) is 30.0 Å². The molecule has 2 aromatic rings. The van der Waals surface area contributed by atoms with Crippen LogP contribution in [0.15, 0.2) is 24.5 Å². The van der Waals surface area contributed by atoms with Gasteiger partial charge in [-0.3, -0.25) is 0 Å². The summed E-state index contributed by atoms with van der Waals surface area (Å²) in [6.45, 7) is 0.0913. The summed E-state index contributed by atoms with van der Waals surface area (Å²) in [5.41, 5.74) is 0.557. The second-order valence-corrected chi connectivity index (χ2v) is 4.62. The van der Waals surface area contributed by atoms with Crippen molar-refractivity contribution in [2.24, 2.45) is 7.05 Å². The van der Waals surface area contributed by atoms with E-state index in [9.17, 15) is 5.11 Å². The quantitative estimate of drug-likeness (QED) is 0.940. The minimum absolute atomic E-state index is 0.184. The fourth-order valence-corrected chi connectivity index (χ4v) is 2.16. The Hall–Kier alpha value is -1.23. The van der Waals surface area contributed by atoms with Gasteiger partial charge in [0.05, 0.1) is 11.6 Å². The van der Waals surface area contributed by atoms with E-state index in [1.807, 2.05) is 17.8 Å². The smallest absolute Gasteiger partial charge is 0.146 e. The van der Waals surface area contributed by atoms with Crippen LogP contribution in [0.1, 0.15) is 11.4 Å². The minimum Gasteiger partial charge on any atom is -0.484 e. The van der Waals surface area contributed by atoms with E-state index in [4.69, 9.17) is 27.9 Å². The Morgan fingerprint density at radius 1 is 1.39 bits per heavy atom. The summed E-state index contributed by atoms with van der Waals surface area (Å²) in [7, 11) is 1.88. The zero-order chi connectivity index (χ0) is 13.1. The van der Waals surface area contributed by atoms with Gasteiger partial charge in [-0.15, -0.1) is 0 Å². The van der Waals surface area contributed by atoms with Crippen molar-refractivity contribution in [3.8, 4) is 5.75 Å². The zero-order valence-electron chi connectivity index (χ0n) is 9.73. The van der Waals surface area contributed by atoms with Crippen LogP contribution >= 0.6 is 23.2 Å². The minimum atomic E-state index is -0.184. The first-order chi connectivity index (χ1) is 8.61. The van der Waals surface area contributed by atoms with Gasteiger partial charge in [-0.25, -0.2) is 4.98 Å². The van der Waals surface area contributed by atoms with E-state index in [0.29, 0.717) is 21.4 Å². The Balaban J connectivity index is 2.21. The van der Waals surface area contributed by atoms with Gasteiger partial charge in [-0.05, 0) is 12.1 Å². The summed E-state index contributed by atoms with van der Waals surface area (Å²) in [5.74, 6) is 1.21. The molecule has 0 amide bonds. The van der Waals surface area contributed by atoms with Gasteiger partial charge in [0.15, 0.2) is 0 Å². The molecule has 1 aromatic heterocycles. The second kappa shape index (κ2) is 5.61. The molecule has 4 nitrogen and oxygen atoms in total. The van der Waals surface area contributed by atoms with Gasteiger partial charge in [-0.2, -0.15) is 0 Å². The third kappa shape index (κ3) is 2.77. The number of aryl methyl sites for hydroxylation is 1. The van der Waals surface area contributed by atoms with Crippen molar-refractivity contribution in [1.82, 2.24) is 9.55 Å². The molecular formula is C12H12Cl2N2O2. The van der Waals surface area contributed by atoms with Crippen molar-refractivity contribution < 1.29 is 9.84 Å². The van der Waals surface area contributed by atoms with E-state index in [-0.39, 0.29) is 13.2 Å². The Morgan fingerprint density at radius 3 is 2.78 bits per heavy atom. The maximum Gasteiger partial charge on any atom is 0.146 e. The molecule has 96 valence electrons. The van der Waals surface area contributed by atoms with E-state index in [0.717, 1.165) is 5.82 Å². The summed E-state index contributed by atoms with van der Waals surface area (Å²) in [4.78, 5) is 4.14. The van der Waals surface area contributed by atoms with Crippen molar-refractivity contribution in [2.75, 3.05) is 0 Å². The summed E-state index contributed by atoms with van der Waals surface area (Å²) in [6, 6.07) is 3.21. The van der Waals surface area contributed by atoms with Crippen LogP contribution in [-0.4, -0.2) is 14.7 Å². The number of imidazole rings is 1. The number of ether oxygens (including phenoxy) is 1. The van der Waals surface area contributed by atoms with Crippen molar-refractivity contribution in [3.63, 3.8) is 0 Å². The first-order valence-corrected chi connectivity index (χ1v) is 6.05. The topological polar surface area (TPSA) is 47.3 Å². The number of halogens is 2. The summed E-state index contributed by atoms with van der Waals surface area (Å²) >= 11 is 11.9. The van der Waals surface area contributed by atoms with E-state index in [1.54, 1.807) is 18.3 Å². The molecule has 0 unspecified atom stereocenters. The molecule has 1 heterocycles. The number of aliphatic hydroxyl groups excluding tert-OH is 1. The summed E-state index contributed by atoms with van der Waals surface area (Å²) in [6.07, 6.45) is 3.52. The van der Waals surface area contributed by atoms with E-state index < -0.39 is 0 Å². The van der Waals surface area contributed by atoms with Gasteiger partial charge >= 0.3 is 0 Å². The maximum absolute atomic E-state index is 9.26. The molecule has 2 rings (SSSR count). The lowest BCUT2D eigenvalue weighted by Gasteiger charge is -2.12. The zero-order valence-corrected chi connectivity index (χ0v) is 11.2. The third-order valence-electron chi connectivity index (χ3n) is 2.52. The number of hydrogen-bond donors (Lipinski definition) is 1. The fourth-order valence-electron chi connectivity index (χ4n) is 1.57. The normalized spacial score (nSPS) is 10.7. The molecule has 0 radical (unpaired) electrons. The number of benzene rings is 1. The van der Waals surface area contributed by atoms with Crippen LogP contribution in [0.3, 0.4) is 0 Å². The molecule has 0 atom stereocenters. The van der Waals surface area contributed by atoms with Crippen molar-refractivity contribution in [1.29, 1.82) is 0 Å². The molecule has 0 saturated carbocycles. The SMILES string of the molecule is Cn1ccnc1COc1c(Cl)cc(Cl)cc1CO.